The van der Waals surface area contributed by atoms with E-state index in [1.165, 1.54) is 10.4 Å². The van der Waals surface area contributed by atoms with Crippen molar-refractivity contribution in [2.75, 3.05) is 13.1 Å². The van der Waals surface area contributed by atoms with E-state index in [1.54, 1.807) is 30.3 Å². The van der Waals surface area contributed by atoms with Gasteiger partial charge in [0.25, 0.3) is 0 Å². The van der Waals surface area contributed by atoms with Gasteiger partial charge < -0.3 is 5.32 Å². The summed E-state index contributed by atoms with van der Waals surface area (Å²) in [6, 6.07) is 6.68. The average molecular weight is 367 g/mol. The Morgan fingerprint density at radius 2 is 1.68 bits per heavy atom. The Morgan fingerprint density at radius 1 is 1.12 bits per heavy atom. The maximum Gasteiger partial charge on any atom is 0.244 e. The number of nitrogens with one attached hydrogen (secondary N) is 1. The molecule has 0 aliphatic rings. The van der Waals surface area contributed by atoms with Crippen LogP contribution in [-0.4, -0.2) is 37.8 Å². The molecule has 0 saturated heterocycles. The number of rotatable bonds is 9. The van der Waals surface area contributed by atoms with Crippen LogP contribution in [0.3, 0.4) is 0 Å². The standard InChI is InChI=1S/C19H30N2O3S/c1-6-15(4)16(5)20-19(22)14-11-17-9-12-18(13-10-17)25(23,24)21(7-2)8-3/h9-16H,6-8H2,1-5H3,(H,20,22)/b14-11+. The van der Waals surface area contributed by atoms with Gasteiger partial charge in [-0.15, -0.1) is 0 Å². The van der Waals surface area contributed by atoms with E-state index in [0.717, 1.165) is 12.0 Å². The first-order valence-corrected chi connectivity index (χ1v) is 10.3. The van der Waals surface area contributed by atoms with Gasteiger partial charge in [0, 0.05) is 25.2 Å². The molecule has 5 nitrogen and oxygen atoms in total. The highest BCUT2D eigenvalue weighted by Crippen LogP contribution is 2.16. The second kappa shape index (κ2) is 9.73. The molecule has 0 radical (unpaired) electrons. The fourth-order valence-electron chi connectivity index (χ4n) is 2.40. The van der Waals surface area contributed by atoms with Crippen LogP contribution in [0.5, 0.6) is 0 Å². The molecule has 0 aliphatic carbocycles. The van der Waals surface area contributed by atoms with Crippen molar-refractivity contribution in [1.82, 2.24) is 9.62 Å². The molecular weight excluding hydrogens is 336 g/mol. The van der Waals surface area contributed by atoms with Gasteiger partial charge in [-0.05, 0) is 36.6 Å². The third-order valence-electron chi connectivity index (χ3n) is 4.52. The van der Waals surface area contributed by atoms with Crippen LogP contribution in [0, 0.1) is 5.92 Å². The highest BCUT2D eigenvalue weighted by atomic mass is 32.2. The van der Waals surface area contributed by atoms with Crippen molar-refractivity contribution in [2.24, 2.45) is 5.92 Å². The molecule has 6 heteroatoms. The summed E-state index contributed by atoms with van der Waals surface area (Å²) in [6.07, 6.45) is 4.17. The van der Waals surface area contributed by atoms with Gasteiger partial charge >= 0.3 is 0 Å². The van der Waals surface area contributed by atoms with E-state index in [9.17, 15) is 13.2 Å². The van der Waals surface area contributed by atoms with Crippen molar-refractivity contribution >= 4 is 22.0 Å². The van der Waals surface area contributed by atoms with E-state index in [4.69, 9.17) is 0 Å². The molecule has 0 aromatic heterocycles. The molecule has 1 aromatic carbocycles. The number of hydrogen-bond donors (Lipinski definition) is 1. The van der Waals surface area contributed by atoms with Crippen LogP contribution in [0.1, 0.15) is 46.6 Å². The highest BCUT2D eigenvalue weighted by molar-refractivity contribution is 7.89. The minimum Gasteiger partial charge on any atom is -0.350 e. The van der Waals surface area contributed by atoms with Gasteiger partial charge in [0.05, 0.1) is 4.90 Å². The summed E-state index contributed by atoms with van der Waals surface area (Å²) in [4.78, 5) is 12.2. The molecule has 1 N–H and O–H groups in total. The molecule has 0 spiro atoms. The normalized spacial score (nSPS) is 14.6. The van der Waals surface area contributed by atoms with E-state index in [1.807, 2.05) is 20.8 Å². The van der Waals surface area contributed by atoms with Gasteiger partial charge in [-0.25, -0.2) is 8.42 Å². The van der Waals surface area contributed by atoms with E-state index in [-0.39, 0.29) is 16.8 Å². The number of amides is 1. The average Bonchev–Trinajstić information content (AvgIpc) is 2.60. The molecule has 2 unspecified atom stereocenters. The minimum atomic E-state index is -3.45. The molecule has 0 saturated carbocycles. The van der Waals surface area contributed by atoms with Crippen molar-refractivity contribution < 1.29 is 13.2 Å². The predicted octanol–water partition coefficient (Wildman–Crippen LogP) is 3.28. The molecule has 0 bridgehead atoms. The monoisotopic (exact) mass is 366 g/mol. The zero-order chi connectivity index (χ0) is 19.0. The summed E-state index contributed by atoms with van der Waals surface area (Å²) in [5.41, 5.74) is 0.782. The Bertz CT molecular complexity index is 677. The van der Waals surface area contributed by atoms with E-state index >= 15 is 0 Å². The number of benzene rings is 1. The lowest BCUT2D eigenvalue weighted by Gasteiger charge is -2.18. The molecular formula is C19H30N2O3S. The number of nitrogens with zero attached hydrogens (tertiary/aromatic N) is 1. The summed E-state index contributed by atoms with van der Waals surface area (Å²) in [6.45, 7) is 10.7. The molecule has 0 fully saturated rings. The second-order valence-electron chi connectivity index (χ2n) is 6.17. The molecule has 25 heavy (non-hydrogen) atoms. The quantitative estimate of drug-likeness (QED) is 0.682. The first-order chi connectivity index (χ1) is 11.8. The summed E-state index contributed by atoms with van der Waals surface area (Å²) in [5, 5.41) is 2.94. The minimum absolute atomic E-state index is 0.115. The van der Waals surface area contributed by atoms with Crippen LogP contribution in [0.25, 0.3) is 6.08 Å². The zero-order valence-corrected chi connectivity index (χ0v) is 16.6. The van der Waals surface area contributed by atoms with Crippen molar-refractivity contribution in [2.45, 2.75) is 52.0 Å². The number of carbonyl (C=O) groups is 1. The Morgan fingerprint density at radius 3 is 2.16 bits per heavy atom. The van der Waals surface area contributed by atoms with Gasteiger partial charge in [0.15, 0.2) is 0 Å². The van der Waals surface area contributed by atoms with Gasteiger partial charge in [0.1, 0.15) is 0 Å². The Labute approximate surface area is 152 Å². The third-order valence-corrected chi connectivity index (χ3v) is 6.58. The number of sulfonamides is 1. The molecule has 0 aliphatic heterocycles. The number of hydrogen-bond acceptors (Lipinski definition) is 3. The summed E-state index contributed by atoms with van der Waals surface area (Å²) < 4.78 is 26.3. The lowest BCUT2D eigenvalue weighted by atomic mass is 10.0. The SMILES string of the molecule is CCC(C)C(C)NC(=O)/C=C/c1ccc(S(=O)(=O)N(CC)CC)cc1. The van der Waals surface area contributed by atoms with E-state index in [2.05, 4.69) is 19.2 Å². The van der Waals surface area contributed by atoms with Gasteiger partial charge in [-0.3, -0.25) is 4.79 Å². The molecule has 2 atom stereocenters. The second-order valence-corrected chi connectivity index (χ2v) is 8.11. The number of carbonyl (C=O) groups excluding carboxylic acids is 1. The zero-order valence-electron chi connectivity index (χ0n) is 15.8. The first-order valence-electron chi connectivity index (χ1n) is 8.84. The van der Waals surface area contributed by atoms with Crippen LogP contribution < -0.4 is 5.32 Å². The molecule has 0 heterocycles. The van der Waals surface area contributed by atoms with Crippen LogP contribution in [0.15, 0.2) is 35.2 Å². The predicted molar refractivity (Wildman–Crippen MR) is 103 cm³/mol. The van der Waals surface area contributed by atoms with Crippen molar-refractivity contribution in [1.29, 1.82) is 0 Å². The Balaban J connectivity index is 2.79. The van der Waals surface area contributed by atoms with Gasteiger partial charge in [-0.1, -0.05) is 46.2 Å². The Kier molecular flexibility index (Phi) is 8.32. The summed E-state index contributed by atoms with van der Waals surface area (Å²) in [5.74, 6) is 0.273. The summed E-state index contributed by atoms with van der Waals surface area (Å²) >= 11 is 0. The molecule has 1 rings (SSSR count). The van der Waals surface area contributed by atoms with Crippen LogP contribution >= 0.6 is 0 Å². The maximum absolute atomic E-state index is 12.4. The van der Waals surface area contributed by atoms with Crippen LogP contribution in [0.2, 0.25) is 0 Å². The Hall–Kier alpha value is -1.66. The fraction of sp³-hybridized carbons (Fsp3) is 0.526. The molecule has 1 aromatic rings. The molecule has 140 valence electrons. The molecule has 1 amide bonds. The largest absolute Gasteiger partial charge is 0.350 e. The first kappa shape index (κ1) is 21.4. The van der Waals surface area contributed by atoms with Gasteiger partial charge in [-0.2, -0.15) is 4.31 Å². The van der Waals surface area contributed by atoms with Crippen molar-refractivity contribution in [3.05, 3.63) is 35.9 Å². The van der Waals surface area contributed by atoms with Crippen LogP contribution in [0.4, 0.5) is 0 Å². The van der Waals surface area contributed by atoms with Crippen molar-refractivity contribution in [3.63, 3.8) is 0 Å². The van der Waals surface area contributed by atoms with Crippen LogP contribution in [-0.2, 0) is 14.8 Å². The maximum atomic E-state index is 12.4. The highest BCUT2D eigenvalue weighted by Gasteiger charge is 2.20. The van der Waals surface area contributed by atoms with E-state index < -0.39 is 10.0 Å². The lowest BCUT2D eigenvalue weighted by Crippen LogP contribution is -2.35. The fourth-order valence-corrected chi connectivity index (χ4v) is 3.86. The lowest BCUT2D eigenvalue weighted by molar-refractivity contribution is -0.117. The smallest absolute Gasteiger partial charge is 0.244 e. The topological polar surface area (TPSA) is 66.5 Å². The van der Waals surface area contributed by atoms with Crippen molar-refractivity contribution in [3.8, 4) is 0 Å². The third kappa shape index (κ3) is 5.97. The van der Waals surface area contributed by atoms with Gasteiger partial charge in [0.2, 0.25) is 15.9 Å². The summed E-state index contributed by atoms with van der Waals surface area (Å²) in [7, 11) is -3.45. The van der Waals surface area contributed by atoms with E-state index in [0.29, 0.717) is 19.0 Å².